The molecule has 3 aromatic carbocycles. The van der Waals surface area contributed by atoms with Gasteiger partial charge in [0.15, 0.2) is 11.5 Å². The first-order chi connectivity index (χ1) is 17.3. The lowest BCUT2D eigenvalue weighted by atomic mass is 10.1. The molecular weight excluding hydrogens is 468 g/mol. The molecule has 36 heavy (non-hydrogen) atoms. The summed E-state index contributed by atoms with van der Waals surface area (Å²) in [5.74, 6) is 3.21. The number of benzene rings is 3. The average molecular weight is 492 g/mol. The van der Waals surface area contributed by atoms with Gasteiger partial charge in [-0.1, -0.05) is 42.5 Å². The Balaban J connectivity index is 1.64. The predicted molar refractivity (Wildman–Crippen MR) is 130 cm³/mol. The van der Waals surface area contributed by atoms with Gasteiger partial charge in [0.25, 0.3) is 5.91 Å². The molecule has 0 aliphatic rings. The van der Waals surface area contributed by atoms with Crippen LogP contribution in [0, 0.1) is 0 Å². The fourth-order valence-electron chi connectivity index (χ4n) is 3.01. The zero-order chi connectivity index (χ0) is 26.1. The topological polar surface area (TPSA) is 149 Å². The number of ether oxygens (including phenoxy) is 2. The molecule has 0 aromatic heterocycles. The highest BCUT2D eigenvalue weighted by molar-refractivity contribution is 6.44. The molecule has 0 saturated carbocycles. The van der Waals surface area contributed by atoms with Crippen LogP contribution in [0.15, 0.2) is 72.8 Å². The van der Waals surface area contributed by atoms with Crippen molar-refractivity contribution < 1.29 is 33.5 Å². The first-order valence-corrected chi connectivity index (χ1v) is 10.6. The van der Waals surface area contributed by atoms with E-state index in [1.165, 1.54) is 32.4 Å². The number of carbonyl (C=O) groups is 4. The number of Topliss-reactive ketones (excluding diaryl/α,β-unsaturated/α-hetero) is 1. The number of rotatable bonds is 9. The maximum atomic E-state index is 12.5. The third-order valence-corrected chi connectivity index (χ3v) is 4.85. The second-order valence-corrected chi connectivity index (χ2v) is 7.25. The lowest BCUT2D eigenvalue weighted by molar-refractivity contribution is -0.157. The summed E-state index contributed by atoms with van der Waals surface area (Å²) in [5.41, 5.74) is 0.674. The van der Waals surface area contributed by atoms with E-state index < -0.39 is 29.9 Å². The molecule has 0 fully saturated rings. The van der Waals surface area contributed by atoms with Crippen molar-refractivity contribution in [2.45, 2.75) is 6.42 Å². The Bertz CT molecular complexity index is 1260. The van der Waals surface area contributed by atoms with Crippen LogP contribution in [0.5, 0.6) is 17.2 Å². The summed E-state index contributed by atoms with van der Waals surface area (Å²) in [6.45, 7) is 0. The van der Waals surface area contributed by atoms with Crippen LogP contribution in [0.3, 0.4) is 0 Å². The van der Waals surface area contributed by atoms with E-state index in [-0.39, 0.29) is 17.1 Å². The Labute approximate surface area is 206 Å². The van der Waals surface area contributed by atoms with Crippen LogP contribution in [0.4, 0.5) is 11.4 Å². The summed E-state index contributed by atoms with van der Waals surface area (Å²) in [4.78, 5) is 54.9. The second kappa shape index (κ2) is 12.0. The molecule has 4 N–H and O–H groups in total. The number of carbonyl (C=O) groups excluding carboxylic acids is 4. The van der Waals surface area contributed by atoms with Gasteiger partial charge >= 0.3 is 11.8 Å². The minimum Gasteiger partial charge on any atom is -0.497 e. The molecule has 0 bridgehead atoms. The van der Waals surface area contributed by atoms with Crippen LogP contribution >= 0.6 is 0 Å². The number of hydrogen-bond acceptors (Lipinski definition) is 8. The highest BCUT2D eigenvalue weighted by Crippen LogP contribution is 2.29. The van der Waals surface area contributed by atoms with Gasteiger partial charge in [-0.25, -0.2) is 5.84 Å². The van der Waals surface area contributed by atoms with E-state index in [4.69, 9.17) is 20.2 Å². The normalized spacial score (nSPS) is 10.1. The van der Waals surface area contributed by atoms with Gasteiger partial charge in [0.1, 0.15) is 11.5 Å². The second-order valence-electron chi connectivity index (χ2n) is 7.25. The average Bonchev–Trinajstić information content (AvgIpc) is 2.90. The molecule has 0 aliphatic carbocycles. The van der Waals surface area contributed by atoms with Gasteiger partial charge in [0.05, 0.1) is 32.0 Å². The molecule has 3 amide bonds. The van der Waals surface area contributed by atoms with Crippen molar-refractivity contribution in [2.24, 2.45) is 5.84 Å². The quantitative estimate of drug-likeness (QED) is 0.103. The Morgan fingerprint density at radius 1 is 0.778 bits per heavy atom. The summed E-state index contributed by atoms with van der Waals surface area (Å²) in [6.07, 6.45) is -0.527. The molecule has 11 heteroatoms. The van der Waals surface area contributed by atoms with Crippen molar-refractivity contribution in [3.63, 3.8) is 0 Å². The molecular formula is C25H24N4O7. The van der Waals surface area contributed by atoms with Crippen molar-refractivity contribution in [3.05, 3.63) is 78.4 Å². The number of hydroxylamine groups is 1. The highest BCUT2D eigenvalue weighted by Gasteiger charge is 2.21. The van der Waals surface area contributed by atoms with Gasteiger partial charge in [-0.3, -0.25) is 19.2 Å². The number of ketones is 1. The Morgan fingerprint density at radius 2 is 1.39 bits per heavy atom. The van der Waals surface area contributed by atoms with Crippen LogP contribution in [0.1, 0.15) is 16.8 Å². The molecule has 0 saturated heterocycles. The highest BCUT2D eigenvalue weighted by atomic mass is 16.7. The number of hydrazine groups is 1. The van der Waals surface area contributed by atoms with E-state index >= 15 is 0 Å². The number of hydrogen-bond donors (Lipinski definition) is 3. The summed E-state index contributed by atoms with van der Waals surface area (Å²) in [6, 6.07) is 18.9. The lowest BCUT2D eigenvalue weighted by Crippen LogP contribution is -2.41. The SMILES string of the molecule is COc1ccc(NC(=O)C(=O)Nc2ccccc2ON(N)C(=O)CC(=O)c2ccccc2)c(OC)c1. The number of methoxy groups -OCH3 is 2. The third kappa shape index (κ3) is 6.58. The fourth-order valence-corrected chi connectivity index (χ4v) is 3.01. The van der Waals surface area contributed by atoms with Gasteiger partial charge in [-0.2, -0.15) is 0 Å². The summed E-state index contributed by atoms with van der Waals surface area (Å²) in [7, 11) is 2.89. The standard InChI is InChI=1S/C25H24N4O7/c1-34-17-12-13-19(22(14-17)35-2)28-25(33)24(32)27-18-10-6-7-11-21(18)36-29(26)23(31)15-20(30)16-8-4-3-5-9-16/h3-14H,15,26H2,1-2H3,(H,27,32)(H,28,33). The summed E-state index contributed by atoms with van der Waals surface area (Å²) >= 11 is 0. The number of nitrogens with two attached hydrogens (primary N) is 1. The van der Waals surface area contributed by atoms with Gasteiger partial charge in [-0.15, -0.1) is 5.17 Å². The fraction of sp³-hybridized carbons (Fsp3) is 0.120. The van der Waals surface area contributed by atoms with Gasteiger partial charge in [0.2, 0.25) is 0 Å². The van der Waals surface area contributed by atoms with E-state index in [0.717, 1.165) is 0 Å². The predicted octanol–water partition coefficient (Wildman–Crippen LogP) is 2.55. The third-order valence-electron chi connectivity index (χ3n) is 4.85. The van der Waals surface area contributed by atoms with Gasteiger partial charge in [0, 0.05) is 11.6 Å². The largest absolute Gasteiger partial charge is 0.497 e. The number of amides is 3. The molecule has 186 valence electrons. The van der Waals surface area contributed by atoms with E-state index in [9.17, 15) is 19.2 Å². The Morgan fingerprint density at radius 3 is 2.03 bits per heavy atom. The number of nitrogens with one attached hydrogen (secondary N) is 2. The van der Waals surface area contributed by atoms with Crippen LogP contribution in [-0.4, -0.2) is 42.9 Å². The van der Waals surface area contributed by atoms with E-state index in [2.05, 4.69) is 10.6 Å². The maximum absolute atomic E-state index is 12.5. The minimum atomic E-state index is -1.02. The molecule has 0 unspecified atom stereocenters. The monoisotopic (exact) mass is 492 g/mol. The Hall–Kier alpha value is -4.90. The van der Waals surface area contributed by atoms with E-state index in [0.29, 0.717) is 22.2 Å². The van der Waals surface area contributed by atoms with Crippen molar-refractivity contribution in [2.75, 3.05) is 24.9 Å². The maximum Gasteiger partial charge on any atom is 0.314 e. The van der Waals surface area contributed by atoms with Crippen molar-refractivity contribution in [1.29, 1.82) is 0 Å². The van der Waals surface area contributed by atoms with Crippen molar-refractivity contribution >= 4 is 34.9 Å². The van der Waals surface area contributed by atoms with Crippen LogP contribution in [-0.2, 0) is 14.4 Å². The van der Waals surface area contributed by atoms with Crippen LogP contribution in [0.25, 0.3) is 0 Å². The molecule has 11 nitrogen and oxygen atoms in total. The Kier molecular flexibility index (Phi) is 8.57. The number of nitrogens with zero attached hydrogens (tertiary/aromatic N) is 1. The summed E-state index contributed by atoms with van der Waals surface area (Å²) < 4.78 is 10.3. The van der Waals surface area contributed by atoms with Crippen LogP contribution < -0.4 is 30.8 Å². The molecule has 0 heterocycles. The van der Waals surface area contributed by atoms with Crippen LogP contribution in [0.2, 0.25) is 0 Å². The zero-order valence-corrected chi connectivity index (χ0v) is 19.5. The molecule has 0 radical (unpaired) electrons. The van der Waals surface area contributed by atoms with Crippen molar-refractivity contribution in [1.82, 2.24) is 5.17 Å². The smallest absolute Gasteiger partial charge is 0.314 e. The minimum absolute atomic E-state index is 0.0244. The summed E-state index contributed by atoms with van der Waals surface area (Å²) in [5, 5.41) is 5.25. The van der Waals surface area contributed by atoms with Gasteiger partial charge < -0.3 is 24.9 Å². The van der Waals surface area contributed by atoms with E-state index in [1.54, 1.807) is 54.6 Å². The molecule has 0 aliphatic heterocycles. The van der Waals surface area contributed by atoms with Crippen molar-refractivity contribution in [3.8, 4) is 17.2 Å². The van der Waals surface area contributed by atoms with E-state index in [1.807, 2.05) is 0 Å². The molecule has 3 rings (SSSR count). The lowest BCUT2D eigenvalue weighted by Gasteiger charge is -2.18. The zero-order valence-electron chi connectivity index (χ0n) is 19.5. The first-order valence-electron chi connectivity index (χ1n) is 10.6. The number of anilines is 2. The first kappa shape index (κ1) is 25.7. The van der Waals surface area contributed by atoms with Gasteiger partial charge in [-0.05, 0) is 24.3 Å². The molecule has 0 atom stereocenters. The molecule has 3 aromatic rings. The number of para-hydroxylation sites is 2. The molecule has 0 spiro atoms.